The Morgan fingerprint density at radius 1 is 1.25 bits per heavy atom. The molecule has 5 nitrogen and oxygen atoms in total. The van der Waals surface area contributed by atoms with E-state index < -0.39 is 16.8 Å². The molecule has 2 N–H and O–H groups in total. The highest BCUT2D eigenvalue weighted by Gasteiger charge is 2.36. The predicted molar refractivity (Wildman–Crippen MR) is 78.9 cm³/mol. The highest BCUT2D eigenvalue weighted by atomic mass is 32.2. The number of carbonyl (C=O) groups excluding carboxylic acids is 1. The third-order valence-corrected chi connectivity index (χ3v) is 5.43. The molecule has 116 valence electrons. The van der Waals surface area contributed by atoms with E-state index in [2.05, 4.69) is 5.32 Å². The molecule has 1 saturated carbocycles. The Morgan fingerprint density at radius 2 is 1.85 bits per heavy atom. The van der Waals surface area contributed by atoms with Gasteiger partial charge in [0.15, 0.2) is 0 Å². The smallest absolute Gasteiger partial charge is 0.303 e. The van der Waals surface area contributed by atoms with E-state index in [0.29, 0.717) is 6.54 Å². The van der Waals surface area contributed by atoms with E-state index in [1.165, 1.54) is 0 Å². The molecule has 6 heteroatoms. The van der Waals surface area contributed by atoms with Crippen molar-refractivity contribution in [3.05, 3.63) is 0 Å². The molecule has 0 radical (unpaired) electrons. The van der Waals surface area contributed by atoms with Gasteiger partial charge < -0.3 is 10.4 Å². The van der Waals surface area contributed by atoms with Crippen LogP contribution in [0.3, 0.4) is 0 Å². The number of carbonyl (C=O) groups is 2. The first-order chi connectivity index (χ1) is 9.34. The quantitative estimate of drug-likeness (QED) is 0.749. The van der Waals surface area contributed by atoms with Crippen LogP contribution in [0.1, 0.15) is 51.9 Å². The summed E-state index contributed by atoms with van der Waals surface area (Å²) in [6.07, 6.45) is 6.67. The molecule has 0 heterocycles. The average molecular weight is 303 g/mol. The van der Waals surface area contributed by atoms with Gasteiger partial charge in [0.05, 0.1) is 6.42 Å². The SMILES string of the molecule is CC(CNC(=O)CC1(CC(=O)O)CCCCC1)S(C)=O. The highest BCUT2D eigenvalue weighted by molar-refractivity contribution is 7.84. The van der Waals surface area contributed by atoms with Crippen molar-refractivity contribution in [3.63, 3.8) is 0 Å². The van der Waals surface area contributed by atoms with Crippen LogP contribution in [0.15, 0.2) is 0 Å². The number of nitrogens with one attached hydrogen (secondary N) is 1. The lowest BCUT2D eigenvalue weighted by Crippen LogP contribution is -2.38. The summed E-state index contributed by atoms with van der Waals surface area (Å²) in [5.41, 5.74) is -0.386. The van der Waals surface area contributed by atoms with Crippen LogP contribution in [0.25, 0.3) is 0 Å². The van der Waals surface area contributed by atoms with Crippen molar-refractivity contribution in [2.75, 3.05) is 12.8 Å². The first-order valence-corrected chi connectivity index (χ1v) is 8.77. The van der Waals surface area contributed by atoms with Crippen LogP contribution in [0.5, 0.6) is 0 Å². The van der Waals surface area contributed by atoms with Gasteiger partial charge in [-0.2, -0.15) is 0 Å². The Morgan fingerprint density at radius 3 is 2.35 bits per heavy atom. The van der Waals surface area contributed by atoms with Crippen LogP contribution >= 0.6 is 0 Å². The molecular weight excluding hydrogens is 278 g/mol. The number of amides is 1. The molecule has 1 rings (SSSR count). The largest absolute Gasteiger partial charge is 0.481 e. The molecule has 0 aliphatic heterocycles. The number of hydrogen-bond acceptors (Lipinski definition) is 3. The molecule has 20 heavy (non-hydrogen) atoms. The minimum atomic E-state index is -0.962. The van der Waals surface area contributed by atoms with Crippen LogP contribution in [0.4, 0.5) is 0 Å². The van der Waals surface area contributed by atoms with Gasteiger partial charge in [-0.1, -0.05) is 19.3 Å². The van der Waals surface area contributed by atoms with Gasteiger partial charge in [-0.05, 0) is 25.2 Å². The fraction of sp³-hybridized carbons (Fsp3) is 0.857. The van der Waals surface area contributed by atoms with E-state index in [1.807, 2.05) is 6.92 Å². The van der Waals surface area contributed by atoms with Gasteiger partial charge in [0.25, 0.3) is 0 Å². The molecule has 0 aromatic rings. The number of hydrogen-bond donors (Lipinski definition) is 2. The molecular formula is C14H25NO4S. The molecule has 2 unspecified atom stereocenters. The molecule has 1 aliphatic rings. The number of rotatable bonds is 7. The molecule has 0 spiro atoms. The predicted octanol–water partition coefficient (Wildman–Crippen LogP) is 1.68. The summed E-state index contributed by atoms with van der Waals surface area (Å²) in [5.74, 6) is -0.951. The van der Waals surface area contributed by atoms with Crippen molar-refractivity contribution >= 4 is 22.7 Å². The summed E-state index contributed by atoms with van der Waals surface area (Å²) in [7, 11) is -0.962. The van der Waals surface area contributed by atoms with Crippen molar-refractivity contribution in [3.8, 4) is 0 Å². The van der Waals surface area contributed by atoms with E-state index in [4.69, 9.17) is 5.11 Å². The second-order valence-corrected chi connectivity index (χ2v) is 7.72. The minimum absolute atomic E-state index is 0.0652. The molecule has 0 bridgehead atoms. The maximum absolute atomic E-state index is 12.0. The molecule has 1 aliphatic carbocycles. The summed E-state index contributed by atoms with van der Waals surface area (Å²) < 4.78 is 11.2. The molecule has 1 fully saturated rings. The maximum atomic E-state index is 12.0. The lowest BCUT2D eigenvalue weighted by Gasteiger charge is -2.35. The van der Waals surface area contributed by atoms with Crippen molar-refractivity contribution in [2.45, 2.75) is 57.1 Å². The van der Waals surface area contributed by atoms with Crippen LogP contribution in [0.2, 0.25) is 0 Å². The van der Waals surface area contributed by atoms with Gasteiger partial charge in [-0.3, -0.25) is 13.8 Å². The van der Waals surface area contributed by atoms with Gasteiger partial charge in [0.1, 0.15) is 0 Å². The van der Waals surface area contributed by atoms with Crippen LogP contribution in [-0.2, 0) is 20.4 Å². The number of aliphatic carboxylic acids is 1. The van der Waals surface area contributed by atoms with Gasteiger partial charge in [0.2, 0.25) is 5.91 Å². The fourth-order valence-corrected chi connectivity index (χ4v) is 3.13. The third kappa shape index (κ3) is 5.61. The zero-order valence-electron chi connectivity index (χ0n) is 12.3. The Kier molecular flexibility index (Phi) is 6.65. The maximum Gasteiger partial charge on any atom is 0.303 e. The Hall–Kier alpha value is -0.910. The van der Waals surface area contributed by atoms with Crippen LogP contribution < -0.4 is 5.32 Å². The molecule has 1 amide bonds. The summed E-state index contributed by atoms with van der Waals surface area (Å²) in [5, 5.41) is 11.8. The van der Waals surface area contributed by atoms with E-state index in [0.717, 1.165) is 32.1 Å². The van der Waals surface area contributed by atoms with Crippen molar-refractivity contribution < 1.29 is 18.9 Å². The second-order valence-electron chi connectivity index (χ2n) is 5.92. The first-order valence-electron chi connectivity index (χ1n) is 7.15. The van der Waals surface area contributed by atoms with Gasteiger partial charge in [0, 0.05) is 35.3 Å². The Bertz CT molecular complexity index is 377. The zero-order valence-corrected chi connectivity index (χ0v) is 13.1. The van der Waals surface area contributed by atoms with Gasteiger partial charge in [-0.25, -0.2) is 0 Å². The van der Waals surface area contributed by atoms with Crippen LogP contribution in [-0.4, -0.2) is 39.2 Å². The summed E-state index contributed by atoms with van der Waals surface area (Å²) >= 11 is 0. The molecule has 0 saturated heterocycles. The molecule has 0 aromatic carbocycles. The number of carboxylic acid groups (broad SMARTS) is 1. The minimum Gasteiger partial charge on any atom is -0.481 e. The van der Waals surface area contributed by atoms with Crippen LogP contribution in [0, 0.1) is 5.41 Å². The summed E-state index contributed by atoms with van der Waals surface area (Å²) in [6, 6.07) is 0. The van der Waals surface area contributed by atoms with E-state index in [1.54, 1.807) is 6.26 Å². The summed E-state index contributed by atoms with van der Waals surface area (Å²) in [6.45, 7) is 2.20. The first kappa shape index (κ1) is 17.1. The fourth-order valence-electron chi connectivity index (χ4n) is 2.82. The highest BCUT2D eigenvalue weighted by Crippen LogP contribution is 2.42. The molecule has 0 aromatic heterocycles. The van der Waals surface area contributed by atoms with Crippen molar-refractivity contribution in [1.82, 2.24) is 5.32 Å². The third-order valence-electron chi connectivity index (χ3n) is 4.13. The van der Waals surface area contributed by atoms with E-state index in [9.17, 15) is 13.8 Å². The Balaban J connectivity index is 2.54. The molecule has 2 atom stereocenters. The Labute approximate surface area is 123 Å². The lowest BCUT2D eigenvalue weighted by atomic mass is 9.69. The number of carboxylic acids is 1. The van der Waals surface area contributed by atoms with Crippen molar-refractivity contribution in [1.29, 1.82) is 0 Å². The van der Waals surface area contributed by atoms with Crippen molar-refractivity contribution in [2.24, 2.45) is 5.41 Å². The second kappa shape index (κ2) is 7.76. The zero-order chi connectivity index (χ0) is 15.2. The van der Waals surface area contributed by atoms with Gasteiger partial charge in [-0.15, -0.1) is 0 Å². The van der Waals surface area contributed by atoms with E-state index >= 15 is 0 Å². The topological polar surface area (TPSA) is 83.5 Å². The normalized spacial score (nSPS) is 20.9. The monoisotopic (exact) mass is 303 g/mol. The van der Waals surface area contributed by atoms with E-state index in [-0.39, 0.29) is 29.4 Å². The lowest BCUT2D eigenvalue weighted by molar-refractivity contribution is -0.141. The standard InChI is InChI=1S/C14H25NO4S/c1-11(20(2)19)10-15-12(16)8-14(9-13(17)18)6-4-3-5-7-14/h11H,3-10H2,1-2H3,(H,15,16)(H,17,18). The summed E-state index contributed by atoms with van der Waals surface area (Å²) in [4.78, 5) is 23.1. The average Bonchev–Trinajstić information content (AvgIpc) is 2.35. The van der Waals surface area contributed by atoms with Gasteiger partial charge >= 0.3 is 5.97 Å².